The van der Waals surface area contributed by atoms with E-state index < -0.39 is 0 Å². The Labute approximate surface area is 210 Å². The summed E-state index contributed by atoms with van der Waals surface area (Å²) in [5, 5.41) is 13.7. The van der Waals surface area contributed by atoms with Crippen LogP contribution in [0.25, 0.3) is 12.2 Å². The van der Waals surface area contributed by atoms with E-state index >= 15 is 0 Å². The third kappa shape index (κ3) is 5.90. The lowest BCUT2D eigenvalue weighted by atomic mass is 10.1. The van der Waals surface area contributed by atoms with E-state index in [1.165, 1.54) is 19.4 Å². The van der Waals surface area contributed by atoms with Crippen molar-refractivity contribution in [2.45, 2.75) is 0 Å². The molecule has 0 fully saturated rings. The number of phenolic OH excluding ortho intramolecular Hbond substituents is 1. The molecule has 0 spiro atoms. The van der Waals surface area contributed by atoms with Gasteiger partial charge in [0.05, 0.1) is 41.2 Å². The maximum Gasteiger partial charge on any atom is 0.203 e. The van der Waals surface area contributed by atoms with Gasteiger partial charge in [-0.15, -0.1) is 0 Å². The van der Waals surface area contributed by atoms with E-state index in [4.69, 9.17) is 23.7 Å². The standard InChI is InChI=1S/C28H29NO7/c1-32-21-8-6-7-20(17-21)22(30)13-14-29-26-19(11-12-23(33-2)27(26)31)10-9-18-15-24(34-3)28(36-5)25(16-18)35-4/h6-17,29,31H,1-5H3. The first-order valence-electron chi connectivity index (χ1n) is 10.9. The van der Waals surface area contributed by atoms with Crippen molar-refractivity contribution in [3.05, 3.63) is 77.5 Å². The molecular formula is C28H29NO7. The topological polar surface area (TPSA) is 95.5 Å². The molecule has 0 aromatic heterocycles. The van der Waals surface area contributed by atoms with E-state index in [1.54, 1.807) is 83.0 Å². The van der Waals surface area contributed by atoms with Crippen LogP contribution in [0, 0.1) is 0 Å². The molecule has 8 nitrogen and oxygen atoms in total. The number of ether oxygens (including phenoxy) is 5. The van der Waals surface area contributed by atoms with Gasteiger partial charge in [0.15, 0.2) is 28.8 Å². The third-order valence-electron chi connectivity index (χ3n) is 5.35. The molecule has 0 unspecified atom stereocenters. The Bertz CT molecular complexity index is 1260. The van der Waals surface area contributed by atoms with E-state index in [2.05, 4.69) is 5.32 Å². The number of aromatic hydroxyl groups is 1. The molecule has 2 N–H and O–H groups in total. The Hall–Kier alpha value is -4.59. The van der Waals surface area contributed by atoms with Crippen LogP contribution in [-0.4, -0.2) is 46.4 Å². The summed E-state index contributed by atoms with van der Waals surface area (Å²) in [6.45, 7) is 0. The van der Waals surface area contributed by atoms with Gasteiger partial charge in [-0.05, 0) is 42.0 Å². The van der Waals surface area contributed by atoms with Gasteiger partial charge in [-0.25, -0.2) is 0 Å². The summed E-state index contributed by atoms with van der Waals surface area (Å²) in [5.74, 6) is 2.09. The van der Waals surface area contributed by atoms with E-state index in [0.717, 1.165) is 5.56 Å². The molecular weight excluding hydrogens is 462 g/mol. The summed E-state index contributed by atoms with van der Waals surface area (Å²) in [6, 6.07) is 13.9. The Morgan fingerprint density at radius 1 is 0.806 bits per heavy atom. The summed E-state index contributed by atoms with van der Waals surface area (Å²) < 4.78 is 26.6. The average Bonchev–Trinajstić information content (AvgIpc) is 2.92. The fourth-order valence-corrected chi connectivity index (χ4v) is 3.50. The Balaban J connectivity index is 1.91. The number of rotatable bonds is 11. The van der Waals surface area contributed by atoms with Crippen molar-refractivity contribution in [1.29, 1.82) is 0 Å². The molecule has 0 aliphatic heterocycles. The Morgan fingerprint density at radius 3 is 2.11 bits per heavy atom. The monoisotopic (exact) mass is 491 g/mol. The summed E-state index contributed by atoms with van der Waals surface area (Å²) in [5.41, 5.74) is 2.28. The maximum absolute atomic E-state index is 12.6. The highest BCUT2D eigenvalue weighted by atomic mass is 16.5. The lowest BCUT2D eigenvalue weighted by molar-refractivity contribution is 0.104. The fraction of sp³-hybridized carbons (Fsp3) is 0.179. The molecule has 3 rings (SSSR count). The van der Waals surface area contributed by atoms with Gasteiger partial charge >= 0.3 is 0 Å². The first-order chi connectivity index (χ1) is 17.4. The molecule has 0 atom stereocenters. The van der Waals surface area contributed by atoms with Crippen molar-refractivity contribution in [1.82, 2.24) is 0 Å². The zero-order valence-corrected chi connectivity index (χ0v) is 20.8. The van der Waals surface area contributed by atoms with Gasteiger partial charge < -0.3 is 34.1 Å². The summed E-state index contributed by atoms with van der Waals surface area (Å²) in [6.07, 6.45) is 6.48. The van der Waals surface area contributed by atoms with Gasteiger partial charge in [0.1, 0.15) is 5.75 Å². The van der Waals surface area contributed by atoms with Gasteiger partial charge in [0, 0.05) is 23.4 Å². The van der Waals surface area contributed by atoms with Crippen LogP contribution in [-0.2, 0) is 0 Å². The molecule has 0 amide bonds. The van der Waals surface area contributed by atoms with Crippen molar-refractivity contribution in [2.75, 3.05) is 40.9 Å². The van der Waals surface area contributed by atoms with Crippen molar-refractivity contribution < 1.29 is 33.6 Å². The van der Waals surface area contributed by atoms with Gasteiger partial charge in [-0.3, -0.25) is 4.79 Å². The lowest BCUT2D eigenvalue weighted by Gasteiger charge is -2.13. The van der Waals surface area contributed by atoms with Crippen molar-refractivity contribution in [2.24, 2.45) is 0 Å². The van der Waals surface area contributed by atoms with Gasteiger partial charge in [0.2, 0.25) is 5.75 Å². The quantitative estimate of drug-likeness (QED) is 0.159. The molecule has 0 heterocycles. The van der Waals surface area contributed by atoms with E-state index in [-0.39, 0.29) is 17.3 Å². The summed E-state index contributed by atoms with van der Waals surface area (Å²) in [7, 11) is 7.65. The highest BCUT2D eigenvalue weighted by Crippen LogP contribution is 2.40. The van der Waals surface area contributed by atoms with Crippen LogP contribution < -0.4 is 29.0 Å². The predicted octanol–water partition coefficient (Wildman–Crippen LogP) is 5.41. The minimum atomic E-state index is -0.224. The van der Waals surface area contributed by atoms with Gasteiger partial charge in [-0.2, -0.15) is 0 Å². The summed E-state index contributed by atoms with van der Waals surface area (Å²) >= 11 is 0. The molecule has 3 aromatic rings. The second kappa shape index (κ2) is 12.2. The number of carbonyl (C=O) groups excluding carboxylic acids is 1. The van der Waals surface area contributed by atoms with Crippen molar-refractivity contribution >= 4 is 23.6 Å². The number of hydrogen-bond acceptors (Lipinski definition) is 8. The second-order valence-electron chi connectivity index (χ2n) is 7.45. The molecule has 0 saturated carbocycles. The molecule has 188 valence electrons. The van der Waals surface area contributed by atoms with E-state index in [0.29, 0.717) is 39.8 Å². The molecule has 8 heteroatoms. The van der Waals surface area contributed by atoms with Crippen molar-refractivity contribution in [3.8, 4) is 34.5 Å². The molecule has 0 saturated heterocycles. The maximum atomic E-state index is 12.6. The molecule has 36 heavy (non-hydrogen) atoms. The molecule has 3 aromatic carbocycles. The van der Waals surface area contributed by atoms with Crippen LogP contribution in [0.15, 0.2) is 60.8 Å². The van der Waals surface area contributed by atoms with Gasteiger partial charge in [0.25, 0.3) is 0 Å². The number of methoxy groups -OCH3 is 5. The fourth-order valence-electron chi connectivity index (χ4n) is 3.50. The summed E-state index contributed by atoms with van der Waals surface area (Å²) in [4.78, 5) is 12.6. The van der Waals surface area contributed by atoms with Crippen LogP contribution in [0.3, 0.4) is 0 Å². The molecule has 0 aliphatic carbocycles. The molecule has 0 radical (unpaired) electrons. The lowest BCUT2D eigenvalue weighted by Crippen LogP contribution is -1.99. The van der Waals surface area contributed by atoms with E-state index in [9.17, 15) is 9.90 Å². The number of ketones is 1. The van der Waals surface area contributed by atoms with Gasteiger partial charge in [-0.1, -0.05) is 24.3 Å². The second-order valence-corrected chi connectivity index (χ2v) is 7.45. The highest BCUT2D eigenvalue weighted by molar-refractivity contribution is 6.05. The minimum absolute atomic E-state index is 0.0944. The van der Waals surface area contributed by atoms with E-state index in [1.807, 2.05) is 6.08 Å². The van der Waals surface area contributed by atoms with Crippen LogP contribution in [0.5, 0.6) is 34.5 Å². The van der Waals surface area contributed by atoms with Crippen molar-refractivity contribution in [3.63, 3.8) is 0 Å². The number of carbonyl (C=O) groups is 1. The van der Waals surface area contributed by atoms with Crippen LogP contribution in [0.4, 0.5) is 5.69 Å². The Morgan fingerprint density at radius 2 is 1.50 bits per heavy atom. The SMILES string of the molecule is COc1cccc(C(=O)C=CNc2c(C=Cc3cc(OC)c(OC)c(OC)c3)ccc(OC)c2O)c1. The van der Waals surface area contributed by atoms with Crippen LogP contribution in [0.2, 0.25) is 0 Å². The number of hydrogen-bond donors (Lipinski definition) is 2. The minimum Gasteiger partial charge on any atom is -0.503 e. The highest BCUT2D eigenvalue weighted by Gasteiger charge is 2.14. The molecule has 0 aliphatic rings. The normalized spacial score (nSPS) is 10.9. The number of benzene rings is 3. The number of allylic oxidation sites excluding steroid dienone is 1. The first kappa shape index (κ1) is 26.0. The number of phenols is 1. The average molecular weight is 492 g/mol. The first-order valence-corrected chi connectivity index (χ1v) is 10.9. The smallest absolute Gasteiger partial charge is 0.203 e. The Kier molecular flexibility index (Phi) is 8.83. The largest absolute Gasteiger partial charge is 0.503 e. The third-order valence-corrected chi connectivity index (χ3v) is 5.35. The molecule has 0 bridgehead atoms. The van der Waals surface area contributed by atoms with Crippen LogP contribution >= 0.6 is 0 Å². The number of nitrogens with one attached hydrogen (secondary N) is 1. The zero-order valence-electron chi connectivity index (χ0n) is 20.8. The van der Waals surface area contributed by atoms with Crippen LogP contribution in [0.1, 0.15) is 21.5 Å². The number of anilines is 1. The zero-order chi connectivity index (χ0) is 26.1. The predicted molar refractivity (Wildman–Crippen MR) is 140 cm³/mol.